The Hall–Kier alpha value is -1.75. The van der Waals surface area contributed by atoms with Crippen molar-refractivity contribution in [3.63, 3.8) is 0 Å². The Labute approximate surface area is 139 Å². The molecule has 0 spiro atoms. The third-order valence-electron chi connectivity index (χ3n) is 3.97. The molecular formula is C18H30N2O3. The fourth-order valence-corrected chi connectivity index (χ4v) is 2.21. The topological polar surface area (TPSA) is 73.6 Å². The van der Waals surface area contributed by atoms with Crippen LogP contribution >= 0.6 is 0 Å². The largest absolute Gasteiger partial charge is 0.493 e. The predicted molar refractivity (Wildman–Crippen MR) is 92.7 cm³/mol. The first kappa shape index (κ1) is 19.3. The minimum atomic E-state index is -0.493. The average molecular weight is 322 g/mol. The molecule has 3 unspecified atom stereocenters. The quantitative estimate of drug-likeness (QED) is 0.771. The van der Waals surface area contributed by atoms with Crippen LogP contribution in [0.25, 0.3) is 0 Å². The van der Waals surface area contributed by atoms with Gasteiger partial charge in [-0.3, -0.25) is 4.79 Å². The highest BCUT2D eigenvalue weighted by atomic mass is 16.5. The first-order valence-corrected chi connectivity index (χ1v) is 8.20. The SMILES string of the molecule is CCC(C)C(N)C(=O)NC(C)c1ccc(OC(C)C)c(OC)c1. The van der Waals surface area contributed by atoms with E-state index in [0.29, 0.717) is 11.5 Å². The monoisotopic (exact) mass is 322 g/mol. The fourth-order valence-electron chi connectivity index (χ4n) is 2.21. The molecule has 130 valence electrons. The maximum Gasteiger partial charge on any atom is 0.237 e. The van der Waals surface area contributed by atoms with Crippen molar-refractivity contribution >= 4 is 5.91 Å². The summed E-state index contributed by atoms with van der Waals surface area (Å²) >= 11 is 0. The number of rotatable bonds is 8. The van der Waals surface area contributed by atoms with Crippen LogP contribution in [0.5, 0.6) is 11.5 Å². The predicted octanol–water partition coefficient (Wildman–Crippen LogP) is 3.03. The molecule has 1 amide bonds. The van der Waals surface area contributed by atoms with Gasteiger partial charge in [-0.1, -0.05) is 26.3 Å². The van der Waals surface area contributed by atoms with E-state index < -0.39 is 6.04 Å². The Morgan fingerprint density at radius 1 is 1.22 bits per heavy atom. The third-order valence-corrected chi connectivity index (χ3v) is 3.97. The van der Waals surface area contributed by atoms with Gasteiger partial charge in [-0.05, 0) is 44.4 Å². The Balaban J connectivity index is 2.84. The average Bonchev–Trinajstić information content (AvgIpc) is 2.52. The van der Waals surface area contributed by atoms with Gasteiger partial charge in [0.1, 0.15) is 0 Å². The van der Waals surface area contributed by atoms with Gasteiger partial charge in [0.05, 0.1) is 25.3 Å². The van der Waals surface area contributed by atoms with Crippen molar-refractivity contribution in [3.05, 3.63) is 23.8 Å². The lowest BCUT2D eigenvalue weighted by molar-refractivity contribution is -0.124. The van der Waals surface area contributed by atoms with Crippen molar-refractivity contribution in [2.24, 2.45) is 11.7 Å². The van der Waals surface area contributed by atoms with Gasteiger partial charge >= 0.3 is 0 Å². The first-order valence-electron chi connectivity index (χ1n) is 8.20. The normalized spacial score (nSPS) is 15.0. The molecule has 23 heavy (non-hydrogen) atoms. The Bertz CT molecular complexity index is 517. The second-order valence-corrected chi connectivity index (χ2v) is 6.22. The molecule has 0 radical (unpaired) electrons. The summed E-state index contributed by atoms with van der Waals surface area (Å²) in [6, 6.07) is 5.04. The number of hydrogen-bond donors (Lipinski definition) is 2. The van der Waals surface area contributed by atoms with E-state index in [1.165, 1.54) is 0 Å². The van der Waals surface area contributed by atoms with Gasteiger partial charge in [0.2, 0.25) is 5.91 Å². The van der Waals surface area contributed by atoms with Gasteiger partial charge in [0, 0.05) is 0 Å². The number of nitrogens with two attached hydrogens (primary N) is 1. The van der Waals surface area contributed by atoms with Crippen LogP contribution in [0, 0.1) is 5.92 Å². The van der Waals surface area contributed by atoms with E-state index in [4.69, 9.17) is 15.2 Å². The summed E-state index contributed by atoms with van der Waals surface area (Å²) in [5.74, 6) is 1.37. The molecule has 0 bridgehead atoms. The van der Waals surface area contributed by atoms with Crippen LogP contribution in [-0.2, 0) is 4.79 Å². The van der Waals surface area contributed by atoms with Crippen LogP contribution in [0.4, 0.5) is 0 Å². The molecule has 0 heterocycles. The van der Waals surface area contributed by atoms with Crippen molar-refractivity contribution in [2.75, 3.05) is 7.11 Å². The summed E-state index contributed by atoms with van der Waals surface area (Å²) in [5, 5.41) is 2.96. The van der Waals surface area contributed by atoms with Gasteiger partial charge in [0.25, 0.3) is 0 Å². The number of amides is 1. The zero-order valence-corrected chi connectivity index (χ0v) is 15.1. The van der Waals surface area contributed by atoms with Crippen LogP contribution in [-0.4, -0.2) is 25.2 Å². The summed E-state index contributed by atoms with van der Waals surface area (Å²) in [6.45, 7) is 9.87. The second-order valence-electron chi connectivity index (χ2n) is 6.22. The molecule has 1 aromatic carbocycles. The van der Waals surface area contributed by atoms with Crippen LogP contribution in [0.2, 0.25) is 0 Å². The lowest BCUT2D eigenvalue weighted by Crippen LogP contribution is -2.45. The van der Waals surface area contributed by atoms with E-state index in [2.05, 4.69) is 5.32 Å². The van der Waals surface area contributed by atoms with E-state index in [9.17, 15) is 4.79 Å². The zero-order chi connectivity index (χ0) is 17.6. The smallest absolute Gasteiger partial charge is 0.237 e. The number of carbonyl (C=O) groups is 1. The Morgan fingerprint density at radius 3 is 2.39 bits per heavy atom. The molecule has 0 saturated heterocycles. The van der Waals surface area contributed by atoms with Crippen LogP contribution in [0.3, 0.4) is 0 Å². The molecule has 1 aromatic rings. The van der Waals surface area contributed by atoms with Gasteiger partial charge in [-0.2, -0.15) is 0 Å². The van der Waals surface area contributed by atoms with Gasteiger partial charge < -0.3 is 20.5 Å². The molecule has 1 rings (SSSR count). The number of carbonyl (C=O) groups excluding carboxylic acids is 1. The van der Waals surface area contributed by atoms with Gasteiger partial charge in [-0.25, -0.2) is 0 Å². The number of methoxy groups -OCH3 is 1. The maximum atomic E-state index is 12.2. The highest BCUT2D eigenvalue weighted by Gasteiger charge is 2.21. The minimum Gasteiger partial charge on any atom is -0.493 e. The molecule has 0 fully saturated rings. The molecule has 0 aliphatic rings. The zero-order valence-electron chi connectivity index (χ0n) is 15.1. The van der Waals surface area contributed by atoms with E-state index in [1.807, 2.05) is 52.8 Å². The molecule has 5 nitrogen and oxygen atoms in total. The van der Waals surface area contributed by atoms with Crippen molar-refractivity contribution in [3.8, 4) is 11.5 Å². The highest BCUT2D eigenvalue weighted by Crippen LogP contribution is 2.31. The second kappa shape index (κ2) is 8.77. The maximum absolute atomic E-state index is 12.2. The molecule has 0 aromatic heterocycles. The van der Waals surface area contributed by atoms with Crippen molar-refractivity contribution in [2.45, 2.75) is 59.2 Å². The number of benzene rings is 1. The van der Waals surface area contributed by atoms with E-state index in [0.717, 1.165) is 12.0 Å². The lowest BCUT2D eigenvalue weighted by atomic mass is 9.98. The number of nitrogens with one attached hydrogen (secondary N) is 1. The Kier molecular flexibility index (Phi) is 7.36. The molecule has 3 N–H and O–H groups in total. The molecule has 3 atom stereocenters. The first-order chi connectivity index (χ1) is 10.8. The summed E-state index contributed by atoms with van der Waals surface area (Å²) in [6.07, 6.45) is 0.943. The molecular weight excluding hydrogens is 292 g/mol. The summed E-state index contributed by atoms with van der Waals surface area (Å²) in [5.41, 5.74) is 6.92. The summed E-state index contributed by atoms with van der Waals surface area (Å²) in [7, 11) is 1.61. The molecule has 0 saturated carbocycles. The molecule has 0 aliphatic carbocycles. The van der Waals surface area contributed by atoms with Crippen molar-refractivity contribution in [1.29, 1.82) is 0 Å². The van der Waals surface area contributed by atoms with E-state index >= 15 is 0 Å². The number of ether oxygens (including phenoxy) is 2. The lowest BCUT2D eigenvalue weighted by Gasteiger charge is -2.22. The summed E-state index contributed by atoms with van der Waals surface area (Å²) in [4.78, 5) is 12.2. The minimum absolute atomic E-state index is 0.0698. The molecule has 0 aliphatic heterocycles. The van der Waals surface area contributed by atoms with Gasteiger partial charge in [-0.15, -0.1) is 0 Å². The van der Waals surface area contributed by atoms with Crippen LogP contribution < -0.4 is 20.5 Å². The van der Waals surface area contributed by atoms with Crippen LogP contribution in [0.1, 0.15) is 52.6 Å². The molecule has 5 heteroatoms. The third kappa shape index (κ3) is 5.43. The van der Waals surface area contributed by atoms with Gasteiger partial charge in [0.15, 0.2) is 11.5 Å². The Morgan fingerprint density at radius 2 is 1.87 bits per heavy atom. The van der Waals surface area contributed by atoms with Crippen molar-refractivity contribution < 1.29 is 14.3 Å². The van der Waals surface area contributed by atoms with E-state index in [-0.39, 0.29) is 24.0 Å². The summed E-state index contributed by atoms with van der Waals surface area (Å²) < 4.78 is 11.1. The standard InChI is InChI=1S/C18H30N2O3/c1-7-12(4)17(19)18(21)20-13(5)14-8-9-15(23-11(2)3)16(10-14)22-6/h8-13,17H,7,19H2,1-6H3,(H,20,21). The number of hydrogen-bond acceptors (Lipinski definition) is 4. The fraction of sp³-hybridized carbons (Fsp3) is 0.611. The van der Waals surface area contributed by atoms with Crippen LogP contribution in [0.15, 0.2) is 18.2 Å². The van der Waals surface area contributed by atoms with E-state index in [1.54, 1.807) is 7.11 Å². The highest BCUT2D eigenvalue weighted by molar-refractivity contribution is 5.82. The van der Waals surface area contributed by atoms with Crippen molar-refractivity contribution in [1.82, 2.24) is 5.32 Å².